The Hall–Kier alpha value is -1.61. The van der Waals surface area contributed by atoms with Crippen molar-refractivity contribution in [1.82, 2.24) is 9.78 Å². The fourth-order valence-electron chi connectivity index (χ4n) is 1.51. The van der Waals surface area contributed by atoms with Crippen molar-refractivity contribution in [3.63, 3.8) is 0 Å². The van der Waals surface area contributed by atoms with Crippen molar-refractivity contribution < 1.29 is 0 Å². The average molecular weight is 201 g/mol. The van der Waals surface area contributed by atoms with Crippen LogP contribution in [0.3, 0.4) is 0 Å². The van der Waals surface area contributed by atoms with Crippen molar-refractivity contribution in [1.29, 1.82) is 0 Å². The second-order valence-electron chi connectivity index (χ2n) is 3.73. The van der Waals surface area contributed by atoms with Gasteiger partial charge in [0.15, 0.2) is 0 Å². The lowest BCUT2D eigenvalue weighted by Crippen LogP contribution is -2.05. The van der Waals surface area contributed by atoms with E-state index in [4.69, 9.17) is 5.73 Å². The molecular weight excluding hydrogens is 186 g/mol. The average Bonchev–Trinajstić information content (AvgIpc) is 2.71. The van der Waals surface area contributed by atoms with Crippen LogP contribution in [0.15, 0.2) is 42.7 Å². The van der Waals surface area contributed by atoms with E-state index in [1.54, 1.807) is 6.20 Å². The summed E-state index contributed by atoms with van der Waals surface area (Å²) in [5.41, 5.74) is 8.19. The molecular formula is C12H15N3. The quantitative estimate of drug-likeness (QED) is 0.824. The summed E-state index contributed by atoms with van der Waals surface area (Å²) in [6.07, 6.45) is 3.75. The van der Waals surface area contributed by atoms with E-state index in [-0.39, 0.29) is 6.04 Å². The van der Waals surface area contributed by atoms with Crippen LogP contribution in [-0.4, -0.2) is 9.78 Å². The Labute approximate surface area is 89.5 Å². The summed E-state index contributed by atoms with van der Waals surface area (Å²) in [7, 11) is 0. The third kappa shape index (κ3) is 2.44. The van der Waals surface area contributed by atoms with E-state index in [1.165, 1.54) is 11.1 Å². The molecule has 0 radical (unpaired) electrons. The number of aromatic nitrogens is 2. The Kier molecular flexibility index (Phi) is 2.83. The van der Waals surface area contributed by atoms with Crippen LogP contribution in [0.25, 0.3) is 0 Å². The summed E-state index contributed by atoms with van der Waals surface area (Å²) >= 11 is 0. The molecule has 2 rings (SSSR count). The molecule has 1 aromatic carbocycles. The monoisotopic (exact) mass is 201 g/mol. The Balaban J connectivity index is 2.11. The minimum absolute atomic E-state index is 0.101. The number of nitrogens with two attached hydrogens (primary N) is 1. The fraction of sp³-hybridized carbons (Fsp3) is 0.250. The molecule has 2 aromatic rings. The maximum absolute atomic E-state index is 5.78. The van der Waals surface area contributed by atoms with Gasteiger partial charge in [-0.15, -0.1) is 0 Å². The molecule has 0 aliphatic heterocycles. The third-order valence-electron chi connectivity index (χ3n) is 2.41. The Bertz CT molecular complexity index is 401. The SMILES string of the molecule is C[C@@H](N)c1ccc(Cn2cccn2)cc1. The van der Waals surface area contributed by atoms with Gasteiger partial charge in [0.1, 0.15) is 0 Å². The van der Waals surface area contributed by atoms with Crippen molar-refractivity contribution in [2.45, 2.75) is 19.5 Å². The standard InChI is InChI=1S/C12H15N3/c1-10(13)12-5-3-11(4-6-12)9-15-8-2-7-14-15/h2-8,10H,9,13H2,1H3/t10-/m1/s1. The molecule has 0 amide bonds. The molecule has 0 aliphatic carbocycles. The first-order valence-electron chi connectivity index (χ1n) is 5.07. The number of hydrogen-bond acceptors (Lipinski definition) is 2. The molecule has 3 nitrogen and oxygen atoms in total. The van der Waals surface area contributed by atoms with Crippen LogP contribution in [0.1, 0.15) is 24.1 Å². The van der Waals surface area contributed by atoms with E-state index in [9.17, 15) is 0 Å². The van der Waals surface area contributed by atoms with Gasteiger partial charge in [0, 0.05) is 18.4 Å². The van der Waals surface area contributed by atoms with Crippen LogP contribution in [-0.2, 0) is 6.54 Å². The summed E-state index contributed by atoms with van der Waals surface area (Å²) in [6, 6.07) is 10.4. The van der Waals surface area contributed by atoms with Crippen LogP contribution in [0.5, 0.6) is 0 Å². The van der Waals surface area contributed by atoms with Crippen molar-refractivity contribution in [2.75, 3.05) is 0 Å². The summed E-state index contributed by atoms with van der Waals surface area (Å²) in [6.45, 7) is 2.80. The molecule has 78 valence electrons. The van der Waals surface area contributed by atoms with E-state index < -0.39 is 0 Å². The largest absolute Gasteiger partial charge is 0.324 e. The molecule has 0 aliphatic rings. The maximum Gasteiger partial charge on any atom is 0.0659 e. The molecule has 0 spiro atoms. The number of rotatable bonds is 3. The predicted octanol–water partition coefficient (Wildman–Crippen LogP) is 1.95. The van der Waals surface area contributed by atoms with Crippen molar-refractivity contribution >= 4 is 0 Å². The lowest BCUT2D eigenvalue weighted by Gasteiger charge is -2.07. The second kappa shape index (κ2) is 4.28. The van der Waals surface area contributed by atoms with Crippen LogP contribution >= 0.6 is 0 Å². The van der Waals surface area contributed by atoms with Gasteiger partial charge in [-0.25, -0.2) is 0 Å². The second-order valence-corrected chi connectivity index (χ2v) is 3.73. The van der Waals surface area contributed by atoms with E-state index in [2.05, 4.69) is 29.4 Å². The lowest BCUT2D eigenvalue weighted by atomic mass is 10.1. The Morgan fingerprint density at radius 1 is 1.33 bits per heavy atom. The van der Waals surface area contributed by atoms with E-state index in [0.29, 0.717) is 0 Å². The zero-order valence-electron chi connectivity index (χ0n) is 8.80. The van der Waals surface area contributed by atoms with Crippen molar-refractivity contribution in [2.24, 2.45) is 5.73 Å². The Morgan fingerprint density at radius 3 is 2.60 bits per heavy atom. The first kappa shape index (κ1) is 9.93. The molecule has 2 N–H and O–H groups in total. The van der Waals surface area contributed by atoms with Gasteiger partial charge in [0.2, 0.25) is 0 Å². The topological polar surface area (TPSA) is 43.8 Å². The summed E-state index contributed by atoms with van der Waals surface area (Å²) in [5.74, 6) is 0. The maximum atomic E-state index is 5.78. The smallest absolute Gasteiger partial charge is 0.0659 e. The van der Waals surface area contributed by atoms with Crippen LogP contribution < -0.4 is 5.73 Å². The van der Waals surface area contributed by atoms with Gasteiger partial charge in [0.25, 0.3) is 0 Å². The molecule has 0 bridgehead atoms. The van der Waals surface area contributed by atoms with Gasteiger partial charge in [-0.05, 0) is 24.1 Å². The lowest BCUT2D eigenvalue weighted by molar-refractivity contribution is 0.686. The van der Waals surface area contributed by atoms with Gasteiger partial charge in [-0.1, -0.05) is 24.3 Å². The van der Waals surface area contributed by atoms with E-state index in [1.807, 2.05) is 23.9 Å². The van der Waals surface area contributed by atoms with Gasteiger partial charge in [0.05, 0.1) is 6.54 Å². The molecule has 1 heterocycles. The normalized spacial score (nSPS) is 12.7. The molecule has 0 fully saturated rings. The molecule has 0 saturated heterocycles. The van der Waals surface area contributed by atoms with Gasteiger partial charge in [-0.2, -0.15) is 5.10 Å². The number of hydrogen-bond donors (Lipinski definition) is 1. The highest BCUT2D eigenvalue weighted by Crippen LogP contribution is 2.11. The fourth-order valence-corrected chi connectivity index (χ4v) is 1.51. The van der Waals surface area contributed by atoms with E-state index in [0.717, 1.165) is 6.54 Å². The molecule has 1 aromatic heterocycles. The molecule has 0 saturated carbocycles. The number of benzene rings is 1. The summed E-state index contributed by atoms with van der Waals surface area (Å²) in [5, 5.41) is 4.16. The Morgan fingerprint density at radius 2 is 2.07 bits per heavy atom. The minimum atomic E-state index is 0.101. The molecule has 3 heteroatoms. The third-order valence-corrected chi connectivity index (χ3v) is 2.41. The molecule has 0 unspecified atom stereocenters. The van der Waals surface area contributed by atoms with Crippen LogP contribution in [0, 0.1) is 0 Å². The van der Waals surface area contributed by atoms with Gasteiger partial charge >= 0.3 is 0 Å². The summed E-state index contributed by atoms with van der Waals surface area (Å²) in [4.78, 5) is 0. The number of nitrogens with zero attached hydrogens (tertiary/aromatic N) is 2. The molecule has 15 heavy (non-hydrogen) atoms. The van der Waals surface area contributed by atoms with Gasteiger partial charge < -0.3 is 5.73 Å². The van der Waals surface area contributed by atoms with Crippen LogP contribution in [0.4, 0.5) is 0 Å². The summed E-state index contributed by atoms with van der Waals surface area (Å²) < 4.78 is 1.90. The molecule has 1 atom stereocenters. The van der Waals surface area contributed by atoms with Crippen molar-refractivity contribution in [3.8, 4) is 0 Å². The van der Waals surface area contributed by atoms with Gasteiger partial charge in [-0.3, -0.25) is 4.68 Å². The zero-order valence-corrected chi connectivity index (χ0v) is 8.80. The highest BCUT2D eigenvalue weighted by molar-refractivity contribution is 5.24. The predicted molar refractivity (Wildman–Crippen MR) is 60.4 cm³/mol. The van der Waals surface area contributed by atoms with Crippen molar-refractivity contribution in [3.05, 3.63) is 53.9 Å². The zero-order chi connectivity index (χ0) is 10.7. The first-order valence-corrected chi connectivity index (χ1v) is 5.07. The highest BCUT2D eigenvalue weighted by Gasteiger charge is 1.99. The first-order chi connectivity index (χ1) is 7.25. The van der Waals surface area contributed by atoms with E-state index >= 15 is 0 Å². The minimum Gasteiger partial charge on any atom is -0.324 e. The van der Waals surface area contributed by atoms with Crippen LogP contribution in [0.2, 0.25) is 0 Å². The highest BCUT2D eigenvalue weighted by atomic mass is 15.3.